The van der Waals surface area contributed by atoms with Crippen molar-refractivity contribution >= 4 is 17.9 Å². The number of carbonyl (C=O) groups excluding carboxylic acids is 3. The van der Waals surface area contributed by atoms with Gasteiger partial charge in [0.05, 0.1) is 38.0 Å². The van der Waals surface area contributed by atoms with Crippen molar-refractivity contribution in [2.45, 2.75) is 12.2 Å². The van der Waals surface area contributed by atoms with E-state index in [1.807, 2.05) is 0 Å². The molecule has 0 saturated carbocycles. The maximum absolute atomic E-state index is 11.7. The highest BCUT2D eigenvalue weighted by molar-refractivity contribution is 6.07. The van der Waals surface area contributed by atoms with Crippen molar-refractivity contribution in [3.8, 4) is 0 Å². The normalized spacial score (nSPS) is 24.1. The molecular weight excluding hydrogens is 256 g/mol. The Morgan fingerprint density at radius 3 is 2.00 bits per heavy atom. The van der Waals surface area contributed by atoms with Crippen molar-refractivity contribution in [2.24, 2.45) is 0 Å². The van der Waals surface area contributed by atoms with Crippen LogP contribution in [0.1, 0.15) is 0 Å². The smallest absolute Gasteiger partial charge is 0.337 e. The summed E-state index contributed by atoms with van der Waals surface area (Å²) in [7, 11) is 3.59. The van der Waals surface area contributed by atoms with E-state index in [9.17, 15) is 14.4 Å². The molecule has 7 heteroatoms. The van der Waals surface area contributed by atoms with Gasteiger partial charge in [0.15, 0.2) is 0 Å². The zero-order chi connectivity index (χ0) is 14.2. The maximum Gasteiger partial charge on any atom is 0.337 e. The fourth-order valence-corrected chi connectivity index (χ4v) is 2.14. The molecule has 2 atom stereocenters. The Labute approximate surface area is 108 Å². The molecule has 2 aliphatic rings. The molecule has 2 heterocycles. The van der Waals surface area contributed by atoms with Crippen LogP contribution in [0.2, 0.25) is 0 Å². The first kappa shape index (κ1) is 13.3. The van der Waals surface area contributed by atoms with Crippen molar-refractivity contribution in [2.75, 3.05) is 21.3 Å². The molecule has 0 aromatic carbocycles. The van der Waals surface area contributed by atoms with Gasteiger partial charge in [0.25, 0.3) is 0 Å². The minimum atomic E-state index is -0.945. The Morgan fingerprint density at radius 2 is 1.47 bits per heavy atom. The quantitative estimate of drug-likeness (QED) is 0.504. The maximum atomic E-state index is 11.7. The Balaban J connectivity index is 2.43. The first-order chi connectivity index (χ1) is 9.04. The van der Waals surface area contributed by atoms with Crippen LogP contribution in [0.5, 0.6) is 0 Å². The summed E-state index contributed by atoms with van der Waals surface area (Å²) in [6.45, 7) is 0. The van der Waals surface area contributed by atoms with Crippen molar-refractivity contribution in [1.29, 1.82) is 0 Å². The topological polar surface area (TPSA) is 88.1 Å². The molecule has 0 spiro atoms. The molecule has 0 aromatic rings. The van der Waals surface area contributed by atoms with Gasteiger partial charge in [0, 0.05) is 0 Å². The van der Waals surface area contributed by atoms with E-state index in [2.05, 4.69) is 14.2 Å². The van der Waals surface area contributed by atoms with Gasteiger partial charge in [-0.25, -0.2) is 14.4 Å². The Kier molecular flexibility index (Phi) is 3.39. The second-order valence-electron chi connectivity index (χ2n) is 3.86. The van der Waals surface area contributed by atoms with E-state index >= 15 is 0 Å². The van der Waals surface area contributed by atoms with E-state index in [1.54, 1.807) is 0 Å². The fourth-order valence-electron chi connectivity index (χ4n) is 2.14. The zero-order valence-electron chi connectivity index (χ0n) is 10.6. The van der Waals surface area contributed by atoms with Gasteiger partial charge in [-0.1, -0.05) is 0 Å². The highest BCUT2D eigenvalue weighted by Crippen LogP contribution is 2.40. The molecule has 0 radical (unpaired) electrons. The van der Waals surface area contributed by atoms with E-state index in [0.717, 1.165) is 0 Å². The largest absolute Gasteiger partial charge is 0.466 e. The highest BCUT2D eigenvalue weighted by atomic mass is 16.6. The van der Waals surface area contributed by atoms with E-state index in [-0.39, 0.29) is 16.7 Å². The lowest BCUT2D eigenvalue weighted by atomic mass is 9.91. The predicted octanol–water partition coefficient (Wildman–Crippen LogP) is -0.491. The predicted molar refractivity (Wildman–Crippen MR) is 59.8 cm³/mol. The molecule has 0 saturated heterocycles. The zero-order valence-corrected chi connectivity index (χ0v) is 10.6. The van der Waals surface area contributed by atoms with Crippen LogP contribution in [-0.4, -0.2) is 51.4 Å². The molecule has 2 aliphatic heterocycles. The number of methoxy groups -OCH3 is 3. The molecule has 2 rings (SSSR count). The molecule has 0 N–H and O–H groups in total. The summed E-state index contributed by atoms with van der Waals surface area (Å²) in [5.41, 5.74) is 0.231. The first-order valence-corrected chi connectivity index (χ1v) is 5.41. The number of carbonyl (C=O) groups is 3. The lowest BCUT2D eigenvalue weighted by Gasteiger charge is -2.14. The second kappa shape index (κ2) is 4.85. The molecule has 7 nitrogen and oxygen atoms in total. The van der Waals surface area contributed by atoms with Crippen LogP contribution in [0.4, 0.5) is 0 Å². The molecule has 0 amide bonds. The molecule has 0 aromatic heterocycles. The van der Waals surface area contributed by atoms with Crippen molar-refractivity contribution in [3.63, 3.8) is 0 Å². The number of hydrogen-bond donors (Lipinski definition) is 0. The summed E-state index contributed by atoms with van der Waals surface area (Å²) in [5, 5.41) is 0. The second-order valence-corrected chi connectivity index (χ2v) is 3.86. The van der Waals surface area contributed by atoms with Crippen LogP contribution >= 0.6 is 0 Å². The van der Waals surface area contributed by atoms with Crippen LogP contribution in [0, 0.1) is 0 Å². The summed E-state index contributed by atoms with van der Waals surface area (Å²) >= 11 is 0. The van der Waals surface area contributed by atoms with E-state index in [4.69, 9.17) is 4.74 Å². The van der Waals surface area contributed by atoms with Crippen LogP contribution < -0.4 is 0 Å². The fraction of sp³-hybridized carbons (Fsp3) is 0.417. The van der Waals surface area contributed by atoms with E-state index < -0.39 is 30.1 Å². The standard InChI is InChI=1S/C12H12O7/c1-16-10(13)5-4-6-7(11(14)17-2)8(9(5)19-6)12(15)18-3/h4,6,9H,1-3H3. The first-order valence-electron chi connectivity index (χ1n) is 5.41. The van der Waals surface area contributed by atoms with Crippen LogP contribution in [-0.2, 0) is 33.3 Å². The highest BCUT2D eigenvalue weighted by Gasteiger charge is 2.50. The van der Waals surface area contributed by atoms with Gasteiger partial charge < -0.3 is 18.9 Å². The van der Waals surface area contributed by atoms with Crippen molar-refractivity contribution in [3.05, 3.63) is 22.8 Å². The Hall–Kier alpha value is -2.15. The van der Waals surface area contributed by atoms with Gasteiger partial charge in [-0.05, 0) is 6.08 Å². The van der Waals surface area contributed by atoms with Crippen LogP contribution in [0.3, 0.4) is 0 Å². The Bertz CT molecular complexity index is 514. The number of ether oxygens (including phenoxy) is 4. The molecular formula is C12H12O7. The summed E-state index contributed by atoms with van der Waals surface area (Å²) in [4.78, 5) is 35.0. The molecule has 0 fully saturated rings. The van der Waals surface area contributed by atoms with E-state index in [1.165, 1.54) is 27.4 Å². The summed E-state index contributed by atoms with van der Waals surface area (Å²) in [6.07, 6.45) is -0.297. The number of fused-ring (bicyclic) bond motifs is 2. The Morgan fingerprint density at radius 1 is 0.947 bits per heavy atom. The number of rotatable bonds is 3. The molecule has 2 bridgehead atoms. The third kappa shape index (κ3) is 1.91. The molecule has 19 heavy (non-hydrogen) atoms. The van der Waals surface area contributed by atoms with Gasteiger partial charge in [-0.2, -0.15) is 0 Å². The van der Waals surface area contributed by atoms with Gasteiger partial charge in [0.2, 0.25) is 0 Å². The molecule has 102 valence electrons. The number of esters is 3. The minimum absolute atomic E-state index is 0.0118. The van der Waals surface area contributed by atoms with Crippen LogP contribution in [0.25, 0.3) is 0 Å². The monoisotopic (exact) mass is 268 g/mol. The lowest BCUT2D eigenvalue weighted by Crippen LogP contribution is -2.26. The summed E-state index contributed by atoms with van der Waals surface area (Å²) in [6, 6.07) is 0. The van der Waals surface area contributed by atoms with Gasteiger partial charge >= 0.3 is 17.9 Å². The van der Waals surface area contributed by atoms with Crippen LogP contribution in [0.15, 0.2) is 22.8 Å². The molecule has 0 aliphatic carbocycles. The third-order valence-electron chi connectivity index (χ3n) is 2.96. The van der Waals surface area contributed by atoms with Gasteiger partial charge in [-0.15, -0.1) is 0 Å². The van der Waals surface area contributed by atoms with Gasteiger partial charge in [0.1, 0.15) is 12.2 Å². The number of hydrogen-bond acceptors (Lipinski definition) is 7. The SMILES string of the molecule is COC(=O)C1=CC2OC1C(C(=O)OC)=C2C(=O)OC. The average molecular weight is 268 g/mol. The third-order valence-corrected chi connectivity index (χ3v) is 2.96. The molecule has 2 unspecified atom stereocenters. The van der Waals surface area contributed by atoms with Gasteiger partial charge in [-0.3, -0.25) is 0 Å². The average Bonchev–Trinajstić information content (AvgIpc) is 3.02. The minimum Gasteiger partial charge on any atom is -0.466 e. The van der Waals surface area contributed by atoms with Crippen molar-refractivity contribution < 1.29 is 33.3 Å². The lowest BCUT2D eigenvalue weighted by molar-refractivity contribution is -0.139. The summed E-state index contributed by atoms with van der Waals surface area (Å²) in [5.74, 6) is -2.03. The van der Waals surface area contributed by atoms with Crippen molar-refractivity contribution in [1.82, 2.24) is 0 Å². The summed E-state index contributed by atoms with van der Waals surface area (Å²) < 4.78 is 19.2. The van der Waals surface area contributed by atoms with E-state index in [0.29, 0.717) is 0 Å².